The second-order valence-corrected chi connectivity index (χ2v) is 3.56. The van der Waals surface area contributed by atoms with Gasteiger partial charge < -0.3 is 5.73 Å². The highest BCUT2D eigenvalue weighted by atomic mass is 16.1. The number of rotatable bonds is 3. The average Bonchev–Trinajstić information content (AvgIpc) is 2.15. The van der Waals surface area contributed by atoms with E-state index in [1.54, 1.807) is 6.08 Å². The first-order valence-electron chi connectivity index (χ1n) is 4.67. The van der Waals surface area contributed by atoms with Gasteiger partial charge in [-0.25, -0.2) is 0 Å². The van der Waals surface area contributed by atoms with Crippen LogP contribution in [0.25, 0.3) is 6.08 Å². The molecule has 0 aliphatic carbocycles. The lowest BCUT2D eigenvalue weighted by molar-refractivity contribution is -0.113. The molecule has 74 valence electrons. The molecule has 0 fully saturated rings. The number of primary amides is 1. The minimum atomic E-state index is -0.417. The molecule has 1 aromatic rings. The maximum atomic E-state index is 10.5. The summed E-state index contributed by atoms with van der Waals surface area (Å²) in [5.41, 5.74) is 7.28. The lowest BCUT2D eigenvalue weighted by Crippen LogP contribution is -2.05. The molecule has 0 atom stereocenters. The van der Waals surface area contributed by atoms with Gasteiger partial charge in [0.2, 0.25) is 5.91 Å². The minimum Gasteiger partial charge on any atom is -0.366 e. The summed E-state index contributed by atoms with van der Waals surface area (Å²) in [5, 5.41) is 0. The number of amides is 1. The molecule has 2 heteroatoms. The van der Waals surface area contributed by atoms with E-state index in [0.717, 1.165) is 5.56 Å². The van der Waals surface area contributed by atoms with Crippen molar-refractivity contribution in [2.75, 3.05) is 0 Å². The van der Waals surface area contributed by atoms with Crippen LogP contribution in [0.5, 0.6) is 0 Å². The van der Waals surface area contributed by atoms with Crippen molar-refractivity contribution in [3.05, 3.63) is 41.5 Å². The van der Waals surface area contributed by atoms with Crippen LogP contribution in [0.1, 0.15) is 30.9 Å². The highest BCUT2D eigenvalue weighted by Crippen LogP contribution is 2.16. The summed E-state index contributed by atoms with van der Waals surface area (Å²) in [7, 11) is 0. The summed E-state index contributed by atoms with van der Waals surface area (Å²) >= 11 is 0. The fourth-order valence-electron chi connectivity index (χ4n) is 1.20. The molecule has 0 radical (unpaired) electrons. The van der Waals surface area contributed by atoms with E-state index in [1.807, 2.05) is 12.1 Å². The Kier molecular flexibility index (Phi) is 3.46. The first-order valence-corrected chi connectivity index (χ1v) is 4.67. The van der Waals surface area contributed by atoms with Crippen LogP contribution in [-0.4, -0.2) is 5.91 Å². The molecular weight excluding hydrogens is 174 g/mol. The molecule has 0 aliphatic heterocycles. The Bertz CT molecular complexity index is 353. The molecule has 0 unspecified atom stereocenters. The summed E-state index contributed by atoms with van der Waals surface area (Å²) < 4.78 is 0. The Labute approximate surface area is 84.4 Å². The van der Waals surface area contributed by atoms with Crippen molar-refractivity contribution in [1.82, 2.24) is 0 Å². The molecule has 0 spiro atoms. The monoisotopic (exact) mass is 189 g/mol. The maximum Gasteiger partial charge on any atom is 0.241 e. The topological polar surface area (TPSA) is 43.1 Å². The first-order chi connectivity index (χ1) is 6.59. The van der Waals surface area contributed by atoms with Crippen LogP contribution in [0.15, 0.2) is 30.3 Å². The molecule has 1 aromatic carbocycles. The van der Waals surface area contributed by atoms with Crippen LogP contribution in [-0.2, 0) is 4.79 Å². The lowest BCUT2D eigenvalue weighted by Gasteiger charge is -2.05. The summed E-state index contributed by atoms with van der Waals surface area (Å²) in [6.45, 7) is 4.27. The lowest BCUT2D eigenvalue weighted by atomic mass is 10.0. The van der Waals surface area contributed by atoms with Crippen molar-refractivity contribution >= 4 is 12.0 Å². The fourth-order valence-corrected chi connectivity index (χ4v) is 1.20. The van der Waals surface area contributed by atoms with Gasteiger partial charge >= 0.3 is 0 Å². The van der Waals surface area contributed by atoms with Crippen LogP contribution in [0.2, 0.25) is 0 Å². The molecule has 2 N–H and O–H groups in total. The van der Waals surface area contributed by atoms with Crippen LogP contribution in [0.4, 0.5) is 0 Å². The number of benzene rings is 1. The first kappa shape index (κ1) is 10.5. The van der Waals surface area contributed by atoms with E-state index >= 15 is 0 Å². The van der Waals surface area contributed by atoms with Crippen molar-refractivity contribution in [3.8, 4) is 0 Å². The molecule has 14 heavy (non-hydrogen) atoms. The molecule has 0 aliphatic rings. The molecule has 2 nitrogen and oxygen atoms in total. The van der Waals surface area contributed by atoms with Gasteiger partial charge in [0.15, 0.2) is 0 Å². The van der Waals surface area contributed by atoms with Gasteiger partial charge in [0.05, 0.1) is 0 Å². The van der Waals surface area contributed by atoms with E-state index in [4.69, 9.17) is 5.73 Å². The summed E-state index contributed by atoms with van der Waals surface area (Å²) in [4.78, 5) is 10.5. The molecule has 0 bridgehead atoms. The highest BCUT2D eigenvalue weighted by molar-refractivity contribution is 5.90. The van der Waals surface area contributed by atoms with Gasteiger partial charge in [-0.05, 0) is 23.1 Å². The van der Waals surface area contributed by atoms with Crippen LogP contribution >= 0.6 is 0 Å². The van der Waals surface area contributed by atoms with Crippen molar-refractivity contribution < 1.29 is 4.79 Å². The van der Waals surface area contributed by atoms with Crippen molar-refractivity contribution in [3.63, 3.8) is 0 Å². The summed E-state index contributed by atoms with van der Waals surface area (Å²) in [6.07, 6.45) is 3.10. The third-order valence-corrected chi connectivity index (χ3v) is 2.02. The largest absolute Gasteiger partial charge is 0.366 e. The third kappa shape index (κ3) is 3.05. The van der Waals surface area contributed by atoms with E-state index in [9.17, 15) is 4.79 Å². The summed E-state index contributed by atoms with van der Waals surface area (Å²) in [6, 6.07) is 8.07. The zero-order chi connectivity index (χ0) is 10.6. The van der Waals surface area contributed by atoms with E-state index in [-0.39, 0.29) is 0 Å². The van der Waals surface area contributed by atoms with Gasteiger partial charge in [-0.2, -0.15) is 0 Å². The molecule has 0 aromatic heterocycles. The SMILES string of the molecule is CC(C)c1cccc(C=CC(N)=O)c1. The molecule has 1 rings (SSSR count). The Morgan fingerprint density at radius 3 is 2.71 bits per heavy atom. The number of carbonyl (C=O) groups excluding carboxylic acids is 1. The normalized spacial score (nSPS) is 11.1. The van der Waals surface area contributed by atoms with Crippen molar-refractivity contribution in [1.29, 1.82) is 0 Å². The van der Waals surface area contributed by atoms with E-state index in [1.165, 1.54) is 11.6 Å². The Morgan fingerprint density at radius 2 is 2.14 bits per heavy atom. The Balaban J connectivity index is 2.89. The molecule has 0 saturated carbocycles. The van der Waals surface area contributed by atoms with Gasteiger partial charge in [0.25, 0.3) is 0 Å². The average molecular weight is 189 g/mol. The van der Waals surface area contributed by atoms with E-state index in [2.05, 4.69) is 26.0 Å². The van der Waals surface area contributed by atoms with E-state index in [0.29, 0.717) is 5.92 Å². The van der Waals surface area contributed by atoms with Gasteiger partial charge in [0.1, 0.15) is 0 Å². The van der Waals surface area contributed by atoms with Crippen molar-refractivity contribution in [2.45, 2.75) is 19.8 Å². The van der Waals surface area contributed by atoms with Gasteiger partial charge in [0, 0.05) is 6.08 Å². The summed E-state index contributed by atoms with van der Waals surface area (Å²) in [5.74, 6) is 0.0804. The highest BCUT2D eigenvalue weighted by Gasteiger charge is 1.98. The van der Waals surface area contributed by atoms with E-state index < -0.39 is 5.91 Å². The van der Waals surface area contributed by atoms with Crippen molar-refractivity contribution in [2.24, 2.45) is 5.73 Å². The van der Waals surface area contributed by atoms with Gasteiger partial charge in [-0.15, -0.1) is 0 Å². The number of carbonyl (C=O) groups is 1. The zero-order valence-electron chi connectivity index (χ0n) is 8.53. The van der Waals surface area contributed by atoms with Crippen LogP contribution in [0.3, 0.4) is 0 Å². The quantitative estimate of drug-likeness (QED) is 0.728. The number of nitrogens with two attached hydrogens (primary N) is 1. The number of hydrogen-bond acceptors (Lipinski definition) is 1. The Morgan fingerprint density at radius 1 is 1.43 bits per heavy atom. The standard InChI is InChI=1S/C12H15NO/c1-9(2)11-5-3-4-10(8-11)6-7-12(13)14/h3-9H,1-2H3,(H2,13,14). The number of hydrogen-bond donors (Lipinski definition) is 1. The predicted octanol–water partition coefficient (Wildman–Crippen LogP) is 2.31. The predicted molar refractivity (Wildman–Crippen MR) is 58.8 cm³/mol. The second-order valence-electron chi connectivity index (χ2n) is 3.56. The second kappa shape index (κ2) is 4.61. The fraction of sp³-hybridized carbons (Fsp3) is 0.250. The molecular formula is C12H15NO. The van der Waals surface area contributed by atoms with Gasteiger partial charge in [-0.1, -0.05) is 38.1 Å². The molecule has 0 heterocycles. The third-order valence-electron chi connectivity index (χ3n) is 2.02. The Hall–Kier alpha value is -1.57. The molecule has 0 saturated heterocycles. The smallest absolute Gasteiger partial charge is 0.241 e. The van der Waals surface area contributed by atoms with Crippen LogP contribution < -0.4 is 5.73 Å². The zero-order valence-corrected chi connectivity index (χ0v) is 8.53. The maximum absolute atomic E-state index is 10.5. The minimum absolute atomic E-state index is 0.417. The van der Waals surface area contributed by atoms with Crippen LogP contribution in [0, 0.1) is 0 Å². The van der Waals surface area contributed by atoms with Gasteiger partial charge in [-0.3, -0.25) is 4.79 Å². The molecule has 1 amide bonds.